The zero-order valence-corrected chi connectivity index (χ0v) is 18.9. The third kappa shape index (κ3) is 4.83. The number of benzene rings is 2. The molecule has 1 saturated heterocycles. The fraction of sp³-hybridized carbons (Fsp3) is 0.333. The summed E-state index contributed by atoms with van der Waals surface area (Å²) in [5.74, 6) is 1.02. The molecule has 3 aromatic rings. The first-order valence-electron chi connectivity index (χ1n) is 11.3. The van der Waals surface area contributed by atoms with E-state index in [9.17, 15) is 4.79 Å². The molecule has 2 aromatic carbocycles. The van der Waals surface area contributed by atoms with Crippen molar-refractivity contribution in [3.63, 3.8) is 0 Å². The lowest BCUT2D eigenvalue weighted by molar-refractivity contribution is -0.130. The maximum absolute atomic E-state index is 13.2. The number of methoxy groups -OCH3 is 1. The van der Waals surface area contributed by atoms with Gasteiger partial charge >= 0.3 is 0 Å². The maximum atomic E-state index is 13.2. The molecule has 32 heavy (non-hydrogen) atoms. The Bertz CT molecular complexity index is 1040. The van der Waals surface area contributed by atoms with Crippen LogP contribution in [0.15, 0.2) is 73.1 Å². The van der Waals surface area contributed by atoms with Gasteiger partial charge in [-0.25, -0.2) is 0 Å². The van der Waals surface area contributed by atoms with E-state index in [1.165, 1.54) is 11.1 Å². The molecule has 0 aliphatic carbocycles. The van der Waals surface area contributed by atoms with Crippen molar-refractivity contribution in [1.82, 2.24) is 15.2 Å². The standard InChI is InChI=1S/C27H31N3O2/c1-3-29-26(31)27(14-16-30(20-27)19-22-7-6-15-28-18-22)17-21-10-12-23(13-11-21)24-8-4-5-9-25(24)32-2/h4-13,15,18H,3,14,16-17,19-20H2,1-2H3,(H,29,31). The van der Waals surface area contributed by atoms with E-state index in [1.807, 2.05) is 37.4 Å². The minimum atomic E-state index is -0.413. The predicted octanol–water partition coefficient (Wildman–Crippen LogP) is 4.33. The van der Waals surface area contributed by atoms with Gasteiger partial charge in [-0.3, -0.25) is 14.7 Å². The first-order chi connectivity index (χ1) is 15.6. The Morgan fingerprint density at radius 2 is 1.91 bits per heavy atom. The Morgan fingerprint density at radius 1 is 1.09 bits per heavy atom. The summed E-state index contributed by atoms with van der Waals surface area (Å²) in [6, 6.07) is 20.6. The van der Waals surface area contributed by atoms with Gasteiger partial charge in [0.15, 0.2) is 0 Å². The Balaban J connectivity index is 1.52. The van der Waals surface area contributed by atoms with Crippen LogP contribution in [0.5, 0.6) is 5.75 Å². The number of nitrogens with one attached hydrogen (secondary N) is 1. The van der Waals surface area contributed by atoms with E-state index in [1.54, 1.807) is 13.3 Å². The van der Waals surface area contributed by atoms with Crippen LogP contribution in [0.3, 0.4) is 0 Å². The number of pyridine rings is 1. The van der Waals surface area contributed by atoms with Gasteiger partial charge in [-0.05, 0) is 55.1 Å². The lowest BCUT2D eigenvalue weighted by atomic mass is 9.79. The second-order valence-corrected chi connectivity index (χ2v) is 8.54. The molecular formula is C27H31N3O2. The fourth-order valence-electron chi connectivity index (χ4n) is 4.68. The third-order valence-electron chi connectivity index (χ3n) is 6.30. The zero-order valence-electron chi connectivity index (χ0n) is 18.9. The smallest absolute Gasteiger partial charge is 0.227 e. The van der Waals surface area contributed by atoms with Gasteiger partial charge in [0, 0.05) is 37.6 Å². The van der Waals surface area contributed by atoms with Gasteiger partial charge in [0.25, 0.3) is 0 Å². The summed E-state index contributed by atoms with van der Waals surface area (Å²) in [5.41, 5.74) is 4.13. The van der Waals surface area contributed by atoms with Crippen LogP contribution in [0.2, 0.25) is 0 Å². The van der Waals surface area contributed by atoms with E-state index in [0.29, 0.717) is 6.54 Å². The summed E-state index contributed by atoms with van der Waals surface area (Å²) in [6.07, 6.45) is 5.28. The van der Waals surface area contributed by atoms with Crippen molar-refractivity contribution in [3.8, 4) is 16.9 Å². The van der Waals surface area contributed by atoms with Gasteiger partial charge in [-0.15, -0.1) is 0 Å². The molecule has 4 rings (SSSR count). The molecule has 1 unspecified atom stereocenters. The molecule has 166 valence electrons. The van der Waals surface area contributed by atoms with Gasteiger partial charge in [0.05, 0.1) is 12.5 Å². The normalized spacial score (nSPS) is 18.4. The first-order valence-corrected chi connectivity index (χ1v) is 11.3. The average molecular weight is 430 g/mol. The summed E-state index contributed by atoms with van der Waals surface area (Å²) in [6.45, 7) is 5.11. The van der Waals surface area contributed by atoms with Crippen LogP contribution >= 0.6 is 0 Å². The number of hydrogen-bond acceptors (Lipinski definition) is 4. The highest BCUT2D eigenvalue weighted by Gasteiger charge is 2.44. The SMILES string of the molecule is CCNC(=O)C1(Cc2ccc(-c3ccccc3OC)cc2)CCN(Cc2cccnc2)C1. The van der Waals surface area contributed by atoms with Crippen LogP contribution in [0.4, 0.5) is 0 Å². The molecule has 0 bridgehead atoms. The number of rotatable bonds is 8. The molecule has 5 heteroatoms. The molecular weight excluding hydrogens is 398 g/mol. The largest absolute Gasteiger partial charge is 0.496 e. The number of hydrogen-bond donors (Lipinski definition) is 1. The lowest BCUT2D eigenvalue weighted by Gasteiger charge is -2.28. The van der Waals surface area contributed by atoms with Crippen LogP contribution in [-0.4, -0.2) is 42.5 Å². The van der Waals surface area contributed by atoms with Crippen molar-refractivity contribution in [2.75, 3.05) is 26.7 Å². The van der Waals surface area contributed by atoms with Crippen molar-refractivity contribution >= 4 is 5.91 Å². The highest BCUT2D eigenvalue weighted by atomic mass is 16.5. The summed E-state index contributed by atoms with van der Waals surface area (Å²) in [4.78, 5) is 19.8. The van der Waals surface area contributed by atoms with Crippen molar-refractivity contribution in [2.45, 2.75) is 26.3 Å². The maximum Gasteiger partial charge on any atom is 0.227 e. The minimum absolute atomic E-state index is 0.155. The molecule has 1 aliphatic heterocycles. The molecule has 1 fully saturated rings. The number of carbonyl (C=O) groups excluding carboxylic acids is 1. The number of likely N-dealkylation sites (tertiary alicyclic amines) is 1. The second-order valence-electron chi connectivity index (χ2n) is 8.54. The van der Waals surface area contributed by atoms with E-state index in [2.05, 4.69) is 51.6 Å². The van der Waals surface area contributed by atoms with E-state index < -0.39 is 5.41 Å². The molecule has 1 aromatic heterocycles. The number of carbonyl (C=O) groups is 1. The van der Waals surface area contributed by atoms with E-state index in [4.69, 9.17) is 4.74 Å². The predicted molar refractivity (Wildman–Crippen MR) is 127 cm³/mol. The number of para-hydroxylation sites is 1. The second kappa shape index (κ2) is 9.96. The van der Waals surface area contributed by atoms with Crippen molar-refractivity contribution < 1.29 is 9.53 Å². The molecule has 1 atom stereocenters. The Morgan fingerprint density at radius 3 is 2.62 bits per heavy atom. The molecule has 1 N–H and O–H groups in total. The summed E-state index contributed by atoms with van der Waals surface area (Å²) in [7, 11) is 1.70. The average Bonchev–Trinajstić information content (AvgIpc) is 3.24. The van der Waals surface area contributed by atoms with Gasteiger partial charge in [-0.2, -0.15) is 0 Å². The zero-order chi connectivity index (χ0) is 22.4. The van der Waals surface area contributed by atoms with Gasteiger partial charge in [0.2, 0.25) is 5.91 Å². The molecule has 0 spiro atoms. The van der Waals surface area contributed by atoms with E-state index in [-0.39, 0.29) is 5.91 Å². The topological polar surface area (TPSA) is 54.5 Å². The van der Waals surface area contributed by atoms with Crippen LogP contribution in [0.1, 0.15) is 24.5 Å². The Kier molecular flexibility index (Phi) is 6.86. The van der Waals surface area contributed by atoms with Crippen LogP contribution < -0.4 is 10.1 Å². The van der Waals surface area contributed by atoms with E-state index in [0.717, 1.165) is 49.4 Å². The molecule has 0 saturated carbocycles. The molecule has 2 heterocycles. The molecule has 0 radical (unpaired) electrons. The minimum Gasteiger partial charge on any atom is -0.496 e. The van der Waals surface area contributed by atoms with E-state index >= 15 is 0 Å². The Hall–Kier alpha value is -3.18. The van der Waals surface area contributed by atoms with Crippen molar-refractivity contribution in [1.29, 1.82) is 0 Å². The molecule has 1 amide bonds. The quantitative estimate of drug-likeness (QED) is 0.579. The molecule has 5 nitrogen and oxygen atoms in total. The van der Waals surface area contributed by atoms with Crippen molar-refractivity contribution in [2.24, 2.45) is 5.41 Å². The highest BCUT2D eigenvalue weighted by molar-refractivity contribution is 5.83. The van der Waals surface area contributed by atoms with Crippen LogP contribution in [-0.2, 0) is 17.8 Å². The van der Waals surface area contributed by atoms with Gasteiger partial charge in [0.1, 0.15) is 5.75 Å². The van der Waals surface area contributed by atoms with Crippen LogP contribution in [0.25, 0.3) is 11.1 Å². The number of amides is 1. The van der Waals surface area contributed by atoms with Crippen molar-refractivity contribution in [3.05, 3.63) is 84.2 Å². The molecule has 1 aliphatic rings. The fourth-order valence-corrected chi connectivity index (χ4v) is 4.68. The highest BCUT2D eigenvalue weighted by Crippen LogP contribution is 2.36. The first kappa shape index (κ1) is 22.0. The lowest BCUT2D eigenvalue weighted by Crippen LogP contribution is -2.44. The van der Waals surface area contributed by atoms with Crippen LogP contribution in [0, 0.1) is 5.41 Å². The summed E-state index contributed by atoms with van der Waals surface area (Å²) in [5, 5.41) is 3.09. The number of nitrogens with zero attached hydrogens (tertiary/aromatic N) is 2. The number of ether oxygens (including phenoxy) is 1. The summed E-state index contributed by atoms with van der Waals surface area (Å²) >= 11 is 0. The number of aromatic nitrogens is 1. The van der Waals surface area contributed by atoms with Gasteiger partial charge < -0.3 is 10.1 Å². The Labute approximate surface area is 190 Å². The monoisotopic (exact) mass is 429 g/mol. The third-order valence-corrected chi connectivity index (χ3v) is 6.30. The summed E-state index contributed by atoms with van der Waals surface area (Å²) < 4.78 is 5.51. The van der Waals surface area contributed by atoms with Gasteiger partial charge in [-0.1, -0.05) is 48.5 Å².